The Morgan fingerprint density at radius 2 is 1.26 bits per heavy atom. The van der Waals surface area contributed by atoms with Gasteiger partial charge in [0.25, 0.3) is 0 Å². The number of nitrogens with two attached hydrogens (primary N) is 1. The van der Waals surface area contributed by atoms with Gasteiger partial charge in [-0.1, -0.05) is 0 Å². The van der Waals surface area contributed by atoms with Crippen molar-refractivity contribution >= 4 is 47.5 Å². The average molecular weight is 621 g/mol. The van der Waals surface area contributed by atoms with Crippen molar-refractivity contribution in [3.8, 4) is 0 Å². The van der Waals surface area contributed by atoms with E-state index in [1.807, 2.05) is 5.48 Å². The average Bonchev–Trinajstić information content (AvgIpc) is 2.92. The van der Waals surface area contributed by atoms with Gasteiger partial charge in [0.2, 0.25) is 35.4 Å². The van der Waals surface area contributed by atoms with Crippen molar-refractivity contribution in [2.24, 2.45) is 5.73 Å². The minimum absolute atomic E-state index is 0.0143. The van der Waals surface area contributed by atoms with E-state index in [-0.39, 0.29) is 26.0 Å². The van der Waals surface area contributed by atoms with Crippen LogP contribution in [0.2, 0.25) is 0 Å². The number of carboxylic acids is 1. The first-order chi connectivity index (χ1) is 20.0. The van der Waals surface area contributed by atoms with E-state index in [1.165, 1.54) is 0 Å². The number of nitrogens with one attached hydrogen (secondary N) is 7. The minimum Gasteiger partial charge on any atom is -0.480 e. The zero-order valence-electron chi connectivity index (χ0n) is 24.1. The number of aliphatic carboxylic acids is 1. The first-order valence-electron chi connectivity index (χ1n) is 12.9. The van der Waals surface area contributed by atoms with Crippen LogP contribution in [0.4, 0.5) is 4.79 Å². The van der Waals surface area contributed by atoms with Gasteiger partial charge in [-0.15, -0.1) is 0 Å². The number of carbonyl (C=O) groups excluding carboxylic acids is 7. The summed E-state index contributed by atoms with van der Waals surface area (Å²) >= 11 is 0. The highest BCUT2D eigenvalue weighted by Crippen LogP contribution is 2.06. The van der Waals surface area contributed by atoms with Crippen molar-refractivity contribution in [1.29, 1.82) is 0 Å². The van der Waals surface area contributed by atoms with Crippen LogP contribution in [0.5, 0.6) is 0 Å². The van der Waals surface area contributed by atoms with Crippen LogP contribution >= 0.6 is 0 Å². The van der Waals surface area contributed by atoms with E-state index in [0.717, 1.165) is 0 Å². The molecule has 0 aliphatic heterocycles. The Hall–Kier alpha value is -4.56. The van der Waals surface area contributed by atoms with Gasteiger partial charge in [-0.05, 0) is 27.2 Å². The van der Waals surface area contributed by atoms with Gasteiger partial charge in [-0.3, -0.25) is 38.4 Å². The van der Waals surface area contributed by atoms with Crippen LogP contribution in [0, 0.1) is 0 Å². The molecule has 43 heavy (non-hydrogen) atoms. The highest BCUT2D eigenvalue weighted by molar-refractivity contribution is 5.92. The third-order valence-corrected chi connectivity index (χ3v) is 4.68. The molecule has 2 atom stereocenters. The first-order valence-corrected chi connectivity index (χ1v) is 12.9. The minimum atomic E-state index is -1.42. The summed E-state index contributed by atoms with van der Waals surface area (Å²) in [4.78, 5) is 98.0. The van der Waals surface area contributed by atoms with Crippen molar-refractivity contribution < 1.29 is 58.1 Å². The van der Waals surface area contributed by atoms with Gasteiger partial charge in [-0.2, -0.15) is 5.48 Å². The quantitative estimate of drug-likeness (QED) is 0.0477. The van der Waals surface area contributed by atoms with Crippen LogP contribution in [-0.2, 0) is 43.1 Å². The number of hydrogen-bond acceptors (Lipinski definition) is 12. The standard InChI is InChI=1S/C23H40N8O12/c1-23(2,3)43-22(41)31-42-7-6-25-16(34)8-26-17(35)9-27-18(36)10-28-19(37)11-29-20(38)14(12-32)30-15(33)5-4-13(24)21(39)40/h13-14,32H,4-12,24H2,1-3H3,(H,25,34)(H,26,35)(H,27,36)(H,28,37)(H,29,38)(H,30,33)(H,31,41)(H,39,40)/t13-,14-/m0/s1. The number of hydroxylamine groups is 1. The Labute approximate surface area is 246 Å². The highest BCUT2D eigenvalue weighted by atomic mass is 16.7. The van der Waals surface area contributed by atoms with Crippen LogP contribution in [0.1, 0.15) is 33.6 Å². The molecule has 0 radical (unpaired) electrons. The fourth-order valence-electron chi connectivity index (χ4n) is 2.60. The number of rotatable bonds is 19. The van der Waals surface area contributed by atoms with E-state index in [4.69, 9.17) is 20.4 Å². The zero-order chi connectivity index (χ0) is 33.0. The van der Waals surface area contributed by atoms with Crippen molar-refractivity contribution in [3.63, 3.8) is 0 Å². The second-order valence-electron chi connectivity index (χ2n) is 9.64. The molecule has 7 amide bonds. The molecule has 0 aromatic carbocycles. The molecular formula is C23H40N8O12. The summed E-state index contributed by atoms with van der Waals surface area (Å²) < 4.78 is 4.95. The predicted octanol–water partition coefficient (Wildman–Crippen LogP) is -5.31. The second kappa shape index (κ2) is 20.3. The molecule has 0 spiro atoms. The number of amides is 7. The molecule has 11 N–H and O–H groups in total. The van der Waals surface area contributed by atoms with E-state index in [2.05, 4.69) is 31.9 Å². The molecule has 0 aliphatic carbocycles. The van der Waals surface area contributed by atoms with E-state index < -0.39 is 98.0 Å². The molecule has 0 unspecified atom stereocenters. The lowest BCUT2D eigenvalue weighted by Crippen LogP contribution is -2.51. The van der Waals surface area contributed by atoms with Crippen LogP contribution in [0.3, 0.4) is 0 Å². The molecule has 0 saturated heterocycles. The molecule has 20 nitrogen and oxygen atoms in total. The van der Waals surface area contributed by atoms with E-state index in [9.17, 15) is 43.5 Å². The maximum absolute atomic E-state index is 12.1. The van der Waals surface area contributed by atoms with E-state index in [1.54, 1.807) is 20.8 Å². The van der Waals surface area contributed by atoms with Gasteiger partial charge in [-0.25, -0.2) is 4.79 Å². The lowest BCUT2D eigenvalue weighted by Gasteiger charge is -2.19. The Kier molecular flexibility index (Phi) is 18.2. The van der Waals surface area contributed by atoms with E-state index >= 15 is 0 Å². The number of carbonyl (C=O) groups is 8. The van der Waals surface area contributed by atoms with Gasteiger partial charge in [0, 0.05) is 13.0 Å². The largest absolute Gasteiger partial charge is 0.480 e. The third-order valence-electron chi connectivity index (χ3n) is 4.68. The molecule has 0 bridgehead atoms. The summed E-state index contributed by atoms with van der Waals surface area (Å²) in [5, 5.41) is 31.4. The second-order valence-corrected chi connectivity index (χ2v) is 9.64. The fraction of sp³-hybridized carbons (Fsp3) is 0.652. The van der Waals surface area contributed by atoms with Gasteiger partial charge in [0.15, 0.2) is 0 Å². The summed E-state index contributed by atoms with van der Waals surface area (Å²) in [5.41, 5.74) is 6.62. The van der Waals surface area contributed by atoms with Gasteiger partial charge in [0.1, 0.15) is 17.7 Å². The van der Waals surface area contributed by atoms with Crippen LogP contribution in [0.15, 0.2) is 0 Å². The third kappa shape index (κ3) is 20.9. The van der Waals surface area contributed by atoms with Gasteiger partial charge in [0.05, 0.1) is 39.4 Å². The summed E-state index contributed by atoms with van der Waals surface area (Å²) in [5.74, 6) is -5.78. The predicted molar refractivity (Wildman–Crippen MR) is 144 cm³/mol. The van der Waals surface area contributed by atoms with Gasteiger partial charge >= 0.3 is 12.1 Å². The summed E-state index contributed by atoms with van der Waals surface area (Å²) in [7, 11) is 0. The van der Waals surface area contributed by atoms with Crippen molar-refractivity contribution in [1.82, 2.24) is 37.4 Å². The molecule has 0 aromatic heterocycles. The molecule has 0 aliphatic rings. The molecule has 0 fully saturated rings. The summed E-state index contributed by atoms with van der Waals surface area (Å²) in [6, 6.07) is -2.69. The normalized spacial score (nSPS) is 12.0. The maximum Gasteiger partial charge on any atom is 0.431 e. The Morgan fingerprint density at radius 3 is 1.72 bits per heavy atom. The monoisotopic (exact) mass is 620 g/mol. The SMILES string of the molecule is CC(C)(C)OC(=O)NOCCNC(=O)CNC(=O)CNC(=O)CNC(=O)CNC(=O)[C@H](CO)NC(=O)CC[C@H](N)C(=O)O. The maximum atomic E-state index is 12.1. The fourth-order valence-corrected chi connectivity index (χ4v) is 2.60. The van der Waals surface area contributed by atoms with E-state index in [0.29, 0.717) is 0 Å². The highest BCUT2D eigenvalue weighted by Gasteiger charge is 2.22. The van der Waals surface area contributed by atoms with Crippen molar-refractivity contribution in [3.05, 3.63) is 0 Å². The lowest BCUT2D eigenvalue weighted by atomic mass is 10.1. The number of ether oxygens (including phenoxy) is 1. The summed E-state index contributed by atoms with van der Waals surface area (Å²) in [6.07, 6.45) is -1.31. The van der Waals surface area contributed by atoms with Crippen LogP contribution < -0.4 is 43.1 Å². The lowest BCUT2D eigenvalue weighted by molar-refractivity contribution is -0.139. The van der Waals surface area contributed by atoms with Gasteiger partial charge < -0.3 is 52.6 Å². The zero-order valence-corrected chi connectivity index (χ0v) is 24.1. The number of carboxylic acid groups (broad SMARTS) is 1. The van der Waals surface area contributed by atoms with Crippen LogP contribution in [-0.4, -0.2) is 121 Å². The Balaban J connectivity index is 4.09. The smallest absolute Gasteiger partial charge is 0.431 e. The molecule has 0 aromatic rings. The molecule has 20 heteroatoms. The molecule has 244 valence electrons. The Morgan fingerprint density at radius 1 is 0.767 bits per heavy atom. The topological polar surface area (TPSA) is 306 Å². The molecule has 0 saturated carbocycles. The molecular weight excluding hydrogens is 580 g/mol. The molecule has 0 rings (SSSR count). The number of aliphatic hydroxyl groups excluding tert-OH is 1. The van der Waals surface area contributed by atoms with Crippen LogP contribution in [0.25, 0.3) is 0 Å². The Bertz CT molecular complexity index is 1000. The number of hydrogen-bond donors (Lipinski definition) is 10. The van der Waals surface area contributed by atoms with Crippen molar-refractivity contribution in [2.75, 3.05) is 45.9 Å². The molecule has 0 heterocycles. The van der Waals surface area contributed by atoms with Crippen molar-refractivity contribution in [2.45, 2.75) is 51.3 Å². The summed E-state index contributed by atoms with van der Waals surface area (Å²) in [6.45, 7) is 2.08. The first kappa shape index (κ1) is 38.4. The number of aliphatic hydroxyl groups is 1.